The van der Waals surface area contributed by atoms with Crippen LogP contribution in [0.15, 0.2) is 47.6 Å². The summed E-state index contributed by atoms with van der Waals surface area (Å²) in [5.41, 5.74) is 2.44. The van der Waals surface area contributed by atoms with Crippen LogP contribution < -0.4 is 0 Å². The van der Waals surface area contributed by atoms with Gasteiger partial charge in [0.05, 0.1) is 6.33 Å². The van der Waals surface area contributed by atoms with E-state index in [4.69, 9.17) is 4.52 Å². The number of H-pyrrole nitrogens is 1. The molecule has 0 radical (unpaired) electrons. The van der Waals surface area contributed by atoms with Crippen LogP contribution in [0.2, 0.25) is 0 Å². The molecule has 1 aromatic carbocycles. The molecule has 0 amide bonds. The van der Waals surface area contributed by atoms with Gasteiger partial charge in [0, 0.05) is 24.4 Å². The van der Waals surface area contributed by atoms with Crippen molar-refractivity contribution >= 4 is 0 Å². The van der Waals surface area contributed by atoms with E-state index in [1.54, 1.807) is 6.33 Å². The van der Waals surface area contributed by atoms with E-state index in [1.165, 1.54) is 6.33 Å². The van der Waals surface area contributed by atoms with Crippen molar-refractivity contribution in [3.05, 3.63) is 43.1 Å². The lowest BCUT2D eigenvalue weighted by Crippen LogP contribution is -1.83. The number of aromatic amines is 1. The van der Waals surface area contributed by atoms with Crippen LogP contribution in [0.3, 0.4) is 0 Å². The molecule has 3 heterocycles. The minimum atomic E-state index is 0.449. The first-order valence-corrected chi connectivity index (χ1v) is 6.58. The minimum Gasteiger partial charge on any atom is -0.340 e. The van der Waals surface area contributed by atoms with Gasteiger partial charge >= 0.3 is 0 Å². The predicted molar refractivity (Wildman–Crippen MR) is 77.3 cm³/mol. The standard InChI is InChI=1S/C14H11N7O/c1-21-6-11(16-8-21)13-18-14(22-20-13)10-4-2-9(3-5-10)12-15-7-17-19-12/h2-8H,1H3,(H,15,17,19). The summed E-state index contributed by atoms with van der Waals surface area (Å²) < 4.78 is 7.13. The van der Waals surface area contributed by atoms with Gasteiger partial charge in [0.25, 0.3) is 5.89 Å². The van der Waals surface area contributed by atoms with Gasteiger partial charge in [0.15, 0.2) is 5.82 Å². The zero-order valence-electron chi connectivity index (χ0n) is 11.6. The van der Waals surface area contributed by atoms with Crippen LogP contribution in [-0.4, -0.2) is 34.9 Å². The first-order chi connectivity index (χ1) is 10.8. The number of benzene rings is 1. The van der Waals surface area contributed by atoms with Crippen molar-refractivity contribution in [3.8, 4) is 34.4 Å². The maximum Gasteiger partial charge on any atom is 0.258 e. The molecular formula is C14H11N7O. The molecule has 8 heteroatoms. The Hall–Kier alpha value is -3.29. The lowest BCUT2D eigenvalue weighted by Gasteiger charge is -1.97. The predicted octanol–water partition coefficient (Wildman–Crippen LogP) is 1.92. The number of aromatic nitrogens is 7. The van der Waals surface area contributed by atoms with Gasteiger partial charge in [-0.05, 0) is 12.1 Å². The van der Waals surface area contributed by atoms with Crippen LogP contribution in [0.4, 0.5) is 0 Å². The van der Waals surface area contributed by atoms with Crippen LogP contribution in [-0.2, 0) is 7.05 Å². The zero-order valence-corrected chi connectivity index (χ0v) is 11.6. The van der Waals surface area contributed by atoms with Gasteiger partial charge in [-0.15, -0.1) is 0 Å². The third-order valence-electron chi connectivity index (χ3n) is 3.18. The fourth-order valence-electron chi connectivity index (χ4n) is 2.09. The average molecular weight is 293 g/mol. The number of hydrogen-bond acceptors (Lipinski definition) is 6. The summed E-state index contributed by atoms with van der Waals surface area (Å²) in [4.78, 5) is 12.7. The fourth-order valence-corrected chi connectivity index (χ4v) is 2.09. The molecule has 0 aliphatic rings. The lowest BCUT2D eigenvalue weighted by atomic mass is 10.1. The van der Waals surface area contributed by atoms with Gasteiger partial charge in [0.2, 0.25) is 5.82 Å². The van der Waals surface area contributed by atoms with Crippen molar-refractivity contribution in [2.45, 2.75) is 0 Å². The summed E-state index contributed by atoms with van der Waals surface area (Å²) in [6, 6.07) is 7.63. The summed E-state index contributed by atoms with van der Waals surface area (Å²) in [6.45, 7) is 0. The number of rotatable bonds is 3. The van der Waals surface area contributed by atoms with Crippen molar-refractivity contribution in [1.82, 2.24) is 34.9 Å². The van der Waals surface area contributed by atoms with E-state index in [-0.39, 0.29) is 0 Å². The molecule has 0 unspecified atom stereocenters. The third kappa shape index (κ3) is 2.16. The molecule has 0 fully saturated rings. The highest BCUT2D eigenvalue weighted by Crippen LogP contribution is 2.23. The summed E-state index contributed by atoms with van der Waals surface area (Å²) in [6.07, 6.45) is 5.00. The molecule has 0 atom stereocenters. The summed E-state index contributed by atoms with van der Waals surface area (Å²) >= 11 is 0. The van der Waals surface area contributed by atoms with Gasteiger partial charge in [-0.3, -0.25) is 5.10 Å². The Labute approximate surface area is 124 Å². The molecule has 1 N–H and O–H groups in total. The Morgan fingerprint density at radius 2 is 1.91 bits per heavy atom. The van der Waals surface area contributed by atoms with Gasteiger partial charge in [-0.2, -0.15) is 10.1 Å². The van der Waals surface area contributed by atoms with Gasteiger partial charge in [-0.1, -0.05) is 17.3 Å². The Bertz CT molecular complexity index is 890. The van der Waals surface area contributed by atoms with Crippen molar-refractivity contribution in [1.29, 1.82) is 0 Å². The Morgan fingerprint density at radius 1 is 1.09 bits per heavy atom. The second-order valence-electron chi connectivity index (χ2n) is 4.76. The molecule has 4 aromatic rings. The summed E-state index contributed by atoms with van der Waals surface area (Å²) in [5, 5.41) is 10.6. The number of nitrogens with one attached hydrogen (secondary N) is 1. The van der Waals surface area contributed by atoms with Crippen molar-refractivity contribution < 1.29 is 4.52 Å². The summed E-state index contributed by atoms with van der Waals surface area (Å²) in [5.74, 6) is 1.63. The molecule has 0 saturated carbocycles. The van der Waals surface area contributed by atoms with Crippen LogP contribution in [0.5, 0.6) is 0 Å². The van der Waals surface area contributed by atoms with Gasteiger partial charge in [0.1, 0.15) is 12.0 Å². The highest BCUT2D eigenvalue weighted by atomic mass is 16.5. The largest absolute Gasteiger partial charge is 0.340 e. The molecule has 0 bridgehead atoms. The second-order valence-corrected chi connectivity index (χ2v) is 4.76. The number of aryl methyl sites for hydroxylation is 1. The molecular weight excluding hydrogens is 282 g/mol. The zero-order chi connectivity index (χ0) is 14.9. The molecule has 0 aliphatic heterocycles. The molecule has 22 heavy (non-hydrogen) atoms. The molecule has 8 nitrogen and oxygen atoms in total. The van der Waals surface area contributed by atoms with Gasteiger partial charge in [-0.25, -0.2) is 9.97 Å². The minimum absolute atomic E-state index is 0.449. The van der Waals surface area contributed by atoms with Gasteiger partial charge < -0.3 is 9.09 Å². The van der Waals surface area contributed by atoms with E-state index in [1.807, 2.05) is 42.1 Å². The van der Waals surface area contributed by atoms with E-state index in [9.17, 15) is 0 Å². The highest BCUT2D eigenvalue weighted by Gasteiger charge is 2.12. The van der Waals surface area contributed by atoms with E-state index in [2.05, 4.69) is 30.3 Å². The maximum absolute atomic E-state index is 5.30. The molecule has 4 rings (SSSR count). The number of hydrogen-bond donors (Lipinski definition) is 1. The van der Waals surface area contributed by atoms with E-state index in [0.29, 0.717) is 23.2 Å². The fraction of sp³-hybridized carbons (Fsp3) is 0.0714. The maximum atomic E-state index is 5.30. The van der Waals surface area contributed by atoms with Crippen LogP contribution in [0.25, 0.3) is 34.4 Å². The van der Waals surface area contributed by atoms with Crippen LogP contribution in [0.1, 0.15) is 0 Å². The van der Waals surface area contributed by atoms with Crippen molar-refractivity contribution in [3.63, 3.8) is 0 Å². The first kappa shape index (κ1) is 12.5. The van der Waals surface area contributed by atoms with Crippen molar-refractivity contribution in [2.75, 3.05) is 0 Å². The smallest absolute Gasteiger partial charge is 0.258 e. The first-order valence-electron chi connectivity index (χ1n) is 6.58. The Morgan fingerprint density at radius 3 is 2.59 bits per heavy atom. The molecule has 108 valence electrons. The Balaban J connectivity index is 1.64. The topological polar surface area (TPSA) is 98.3 Å². The normalized spacial score (nSPS) is 11.0. The molecule has 0 spiro atoms. The summed E-state index contributed by atoms with van der Waals surface area (Å²) in [7, 11) is 1.89. The number of nitrogens with zero attached hydrogens (tertiary/aromatic N) is 6. The number of imidazole rings is 1. The van der Waals surface area contributed by atoms with E-state index in [0.717, 1.165) is 11.1 Å². The second kappa shape index (κ2) is 4.92. The highest BCUT2D eigenvalue weighted by molar-refractivity contribution is 5.63. The molecule has 0 aliphatic carbocycles. The molecule has 0 saturated heterocycles. The average Bonchev–Trinajstić information content (AvgIpc) is 3.28. The monoisotopic (exact) mass is 293 g/mol. The van der Waals surface area contributed by atoms with E-state index >= 15 is 0 Å². The molecule has 3 aromatic heterocycles. The quantitative estimate of drug-likeness (QED) is 0.619. The lowest BCUT2D eigenvalue weighted by molar-refractivity contribution is 0.432. The Kier molecular flexibility index (Phi) is 2.78. The van der Waals surface area contributed by atoms with Crippen LogP contribution in [0, 0.1) is 0 Å². The third-order valence-corrected chi connectivity index (χ3v) is 3.18. The van der Waals surface area contributed by atoms with E-state index < -0.39 is 0 Å². The SMILES string of the molecule is Cn1cnc(-c2noc(-c3ccc(-c4ncn[nH]4)cc3)n2)c1. The van der Waals surface area contributed by atoms with Crippen LogP contribution >= 0.6 is 0 Å². The van der Waals surface area contributed by atoms with Crippen molar-refractivity contribution in [2.24, 2.45) is 7.05 Å².